The number of carbonyl (C=O) groups is 1. The summed E-state index contributed by atoms with van der Waals surface area (Å²) in [7, 11) is 4.02. The van der Waals surface area contributed by atoms with E-state index in [0.29, 0.717) is 11.5 Å². The molecule has 23 heavy (non-hydrogen) atoms. The lowest BCUT2D eigenvalue weighted by atomic mass is 10.1. The van der Waals surface area contributed by atoms with Crippen LogP contribution >= 0.6 is 0 Å². The fraction of sp³-hybridized carbons (Fsp3) is 0.353. The van der Waals surface area contributed by atoms with Crippen LogP contribution in [0.1, 0.15) is 21.6 Å². The number of carbonyl (C=O) groups excluding carboxylic acids is 1. The van der Waals surface area contributed by atoms with Crippen LogP contribution in [0, 0.1) is 13.8 Å². The maximum absolute atomic E-state index is 12.3. The number of hydrogen-bond acceptors (Lipinski definition) is 5. The number of benzene rings is 1. The topological polar surface area (TPSA) is 70.2 Å². The Kier molecular flexibility index (Phi) is 5.65. The van der Waals surface area contributed by atoms with Crippen molar-refractivity contribution in [3.05, 3.63) is 47.4 Å². The average Bonchev–Trinajstić information content (AvgIpc) is 2.51. The van der Waals surface area contributed by atoms with E-state index in [1.807, 2.05) is 46.1 Å². The molecule has 0 spiro atoms. The molecule has 0 bridgehead atoms. The number of nitrogens with one attached hydrogen (secondary N) is 2. The summed E-state index contributed by atoms with van der Waals surface area (Å²) in [6, 6.07) is 5.94. The van der Waals surface area contributed by atoms with E-state index in [1.165, 1.54) is 6.20 Å². The fourth-order valence-corrected chi connectivity index (χ4v) is 2.00. The Labute approximate surface area is 137 Å². The van der Waals surface area contributed by atoms with Crippen LogP contribution < -0.4 is 10.6 Å². The van der Waals surface area contributed by atoms with Crippen LogP contribution in [0.25, 0.3) is 0 Å². The van der Waals surface area contributed by atoms with E-state index in [9.17, 15) is 4.79 Å². The molecule has 2 N–H and O–H groups in total. The summed E-state index contributed by atoms with van der Waals surface area (Å²) in [6.45, 7) is 5.62. The number of anilines is 2. The highest BCUT2D eigenvalue weighted by atomic mass is 16.1. The highest BCUT2D eigenvalue weighted by molar-refractivity contribution is 6.03. The largest absolute Gasteiger partial charge is 0.368 e. The van der Waals surface area contributed by atoms with Gasteiger partial charge in [-0.2, -0.15) is 0 Å². The van der Waals surface area contributed by atoms with E-state index in [1.54, 1.807) is 6.20 Å². The van der Waals surface area contributed by atoms with Crippen molar-refractivity contribution in [3.63, 3.8) is 0 Å². The Morgan fingerprint density at radius 3 is 2.61 bits per heavy atom. The van der Waals surface area contributed by atoms with Crippen LogP contribution in [-0.2, 0) is 0 Å². The van der Waals surface area contributed by atoms with Crippen LogP contribution in [0.4, 0.5) is 11.5 Å². The lowest BCUT2D eigenvalue weighted by Crippen LogP contribution is -2.21. The van der Waals surface area contributed by atoms with Crippen molar-refractivity contribution >= 4 is 17.4 Å². The number of amides is 1. The van der Waals surface area contributed by atoms with E-state index >= 15 is 0 Å². The molecule has 0 fully saturated rings. The molecule has 2 rings (SSSR count). The fourth-order valence-electron chi connectivity index (χ4n) is 2.00. The molecule has 0 unspecified atom stereocenters. The second-order valence-corrected chi connectivity index (χ2v) is 5.79. The molecule has 122 valence electrons. The molecule has 0 aliphatic heterocycles. The Hall–Kier alpha value is -2.47. The zero-order chi connectivity index (χ0) is 16.8. The molecule has 6 heteroatoms. The number of aromatic nitrogens is 2. The number of likely N-dealkylation sites (N-methyl/N-ethyl adjacent to an activating group) is 1. The van der Waals surface area contributed by atoms with Gasteiger partial charge in [-0.25, -0.2) is 9.97 Å². The predicted octanol–water partition coefficient (Wildman–Crippen LogP) is 2.32. The summed E-state index contributed by atoms with van der Waals surface area (Å²) in [4.78, 5) is 22.7. The first kappa shape index (κ1) is 16.9. The van der Waals surface area contributed by atoms with E-state index in [4.69, 9.17) is 0 Å². The molecule has 0 saturated heterocycles. The number of aryl methyl sites for hydroxylation is 2. The van der Waals surface area contributed by atoms with E-state index in [-0.39, 0.29) is 5.91 Å². The van der Waals surface area contributed by atoms with Gasteiger partial charge in [0.15, 0.2) is 0 Å². The van der Waals surface area contributed by atoms with Gasteiger partial charge in [-0.05, 0) is 45.1 Å². The summed E-state index contributed by atoms with van der Waals surface area (Å²) in [6.07, 6.45) is 3.06. The second kappa shape index (κ2) is 7.69. The SMILES string of the molecule is Cc1ccc(C)c(NC(=O)c2cnc(NCCN(C)C)cn2)c1. The minimum Gasteiger partial charge on any atom is -0.368 e. The molecule has 1 aromatic carbocycles. The van der Waals surface area contributed by atoms with Gasteiger partial charge in [0.05, 0.1) is 12.4 Å². The summed E-state index contributed by atoms with van der Waals surface area (Å²) >= 11 is 0. The van der Waals surface area contributed by atoms with Gasteiger partial charge >= 0.3 is 0 Å². The Morgan fingerprint density at radius 2 is 1.96 bits per heavy atom. The van der Waals surface area contributed by atoms with Crippen LogP contribution in [0.15, 0.2) is 30.6 Å². The van der Waals surface area contributed by atoms with Crippen molar-refractivity contribution in [3.8, 4) is 0 Å². The van der Waals surface area contributed by atoms with Gasteiger partial charge in [0.1, 0.15) is 11.5 Å². The lowest BCUT2D eigenvalue weighted by molar-refractivity contribution is 0.102. The molecule has 2 aromatic rings. The van der Waals surface area contributed by atoms with Crippen molar-refractivity contribution < 1.29 is 4.79 Å². The predicted molar refractivity (Wildman–Crippen MR) is 92.9 cm³/mol. The van der Waals surface area contributed by atoms with E-state index in [2.05, 4.69) is 25.5 Å². The molecule has 6 nitrogen and oxygen atoms in total. The number of hydrogen-bond donors (Lipinski definition) is 2. The van der Waals surface area contributed by atoms with E-state index < -0.39 is 0 Å². The first-order chi connectivity index (χ1) is 11.0. The summed E-state index contributed by atoms with van der Waals surface area (Å²) < 4.78 is 0. The molecule has 0 saturated carbocycles. The molecule has 0 aliphatic rings. The normalized spacial score (nSPS) is 10.7. The molecule has 1 aromatic heterocycles. The van der Waals surface area contributed by atoms with Crippen molar-refractivity contribution in [1.29, 1.82) is 0 Å². The lowest BCUT2D eigenvalue weighted by Gasteiger charge is -2.11. The third-order valence-corrected chi connectivity index (χ3v) is 3.39. The molecule has 1 heterocycles. The Bertz CT molecular complexity index is 667. The number of nitrogens with zero attached hydrogens (tertiary/aromatic N) is 3. The minimum atomic E-state index is -0.258. The molecule has 1 amide bonds. The summed E-state index contributed by atoms with van der Waals surface area (Å²) in [5, 5.41) is 6.04. The van der Waals surface area contributed by atoms with Gasteiger partial charge in [-0.3, -0.25) is 4.79 Å². The summed E-state index contributed by atoms with van der Waals surface area (Å²) in [5.41, 5.74) is 3.20. The quantitative estimate of drug-likeness (QED) is 0.856. The first-order valence-electron chi connectivity index (χ1n) is 7.55. The zero-order valence-corrected chi connectivity index (χ0v) is 14.1. The van der Waals surface area contributed by atoms with Crippen molar-refractivity contribution in [2.24, 2.45) is 0 Å². The zero-order valence-electron chi connectivity index (χ0n) is 14.1. The summed E-state index contributed by atoms with van der Waals surface area (Å²) in [5.74, 6) is 0.404. The standard InChI is InChI=1S/C17H23N5O/c1-12-5-6-13(2)14(9-12)21-17(23)15-10-20-16(11-19-15)18-7-8-22(3)4/h5-6,9-11H,7-8H2,1-4H3,(H,18,20)(H,21,23). The smallest absolute Gasteiger partial charge is 0.275 e. The Balaban J connectivity index is 1.98. The molecular formula is C17H23N5O. The molecule has 0 aliphatic carbocycles. The van der Waals surface area contributed by atoms with Crippen LogP contribution in [0.2, 0.25) is 0 Å². The first-order valence-corrected chi connectivity index (χ1v) is 7.55. The second-order valence-electron chi connectivity index (χ2n) is 5.79. The van der Waals surface area contributed by atoms with Crippen LogP contribution in [0.3, 0.4) is 0 Å². The molecule has 0 atom stereocenters. The van der Waals surface area contributed by atoms with Gasteiger partial charge in [0, 0.05) is 18.8 Å². The maximum Gasteiger partial charge on any atom is 0.275 e. The van der Waals surface area contributed by atoms with Crippen molar-refractivity contribution in [1.82, 2.24) is 14.9 Å². The van der Waals surface area contributed by atoms with Crippen LogP contribution in [0.5, 0.6) is 0 Å². The molecule has 0 radical (unpaired) electrons. The van der Waals surface area contributed by atoms with Crippen molar-refractivity contribution in [2.75, 3.05) is 37.8 Å². The Morgan fingerprint density at radius 1 is 1.17 bits per heavy atom. The monoisotopic (exact) mass is 313 g/mol. The highest BCUT2D eigenvalue weighted by Gasteiger charge is 2.10. The third kappa shape index (κ3) is 5.03. The van der Waals surface area contributed by atoms with Gasteiger partial charge < -0.3 is 15.5 Å². The van der Waals surface area contributed by atoms with Crippen molar-refractivity contribution in [2.45, 2.75) is 13.8 Å². The molecular weight excluding hydrogens is 290 g/mol. The maximum atomic E-state index is 12.3. The van der Waals surface area contributed by atoms with Gasteiger partial charge in [0.2, 0.25) is 0 Å². The minimum absolute atomic E-state index is 0.258. The van der Waals surface area contributed by atoms with Gasteiger partial charge in [-0.1, -0.05) is 12.1 Å². The van der Waals surface area contributed by atoms with E-state index in [0.717, 1.165) is 29.9 Å². The van der Waals surface area contributed by atoms with Crippen LogP contribution in [-0.4, -0.2) is 48.0 Å². The van der Waals surface area contributed by atoms with Gasteiger partial charge in [0.25, 0.3) is 5.91 Å². The average molecular weight is 313 g/mol. The third-order valence-electron chi connectivity index (χ3n) is 3.39. The highest BCUT2D eigenvalue weighted by Crippen LogP contribution is 2.17. The van der Waals surface area contributed by atoms with Gasteiger partial charge in [-0.15, -0.1) is 0 Å². The number of rotatable bonds is 6.